The molecule has 2 unspecified atom stereocenters. The second kappa shape index (κ2) is 4.82. The Labute approximate surface area is 90.9 Å². The number of ether oxygens (including phenoxy) is 2. The number of hydrogen-bond donors (Lipinski definition) is 0. The van der Waals surface area contributed by atoms with Crippen molar-refractivity contribution in [3.63, 3.8) is 0 Å². The molecule has 2 rings (SSSR count). The summed E-state index contributed by atoms with van der Waals surface area (Å²) in [5, 5.41) is 0. The zero-order valence-corrected chi connectivity index (χ0v) is 9.39. The van der Waals surface area contributed by atoms with Gasteiger partial charge in [-0.3, -0.25) is 0 Å². The molecule has 0 saturated carbocycles. The van der Waals surface area contributed by atoms with Crippen LogP contribution in [0.5, 0.6) is 0 Å². The van der Waals surface area contributed by atoms with E-state index in [1.54, 1.807) is 0 Å². The number of rotatable bonds is 3. The molecule has 0 amide bonds. The van der Waals surface area contributed by atoms with E-state index in [1.165, 1.54) is 25.7 Å². The van der Waals surface area contributed by atoms with E-state index in [9.17, 15) is 0 Å². The lowest BCUT2D eigenvalue weighted by Crippen LogP contribution is -2.41. The predicted octanol–water partition coefficient (Wildman–Crippen LogP) is 2.73. The Morgan fingerprint density at radius 1 is 1.21 bits per heavy atom. The Morgan fingerprint density at radius 3 is 2.71 bits per heavy atom. The van der Waals surface area contributed by atoms with Crippen molar-refractivity contribution < 1.29 is 9.47 Å². The van der Waals surface area contributed by atoms with Crippen molar-refractivity contribution in [3.05, 3.63) is 0 Å². The highest BCUT2D eigenvalue weighted by atomic mass is 35.5. The summed E-state index contributed by atoms with van der Waals surface area (Å²) in [6.45, 7) is 1.79. The molecule has 2 aliphatic rings. The molecule has 0 aliphatic carbocycles. The summed E-state index contributed by atoms with van der Waals surface area (Å²) in [5.74, 6) is 0.618. The van der Waals surface area contributed by atoms with Crippen molar-refractivity contribution in [1.29, 1.82) is 0 Å². The summed E-state index contributed by atoms with van der Waals surface area (Å²) in [6, 6.07) is 0. The van der Waals surface area contributed by atoms with E-state index in [0.29, 0.717) is 12.0 Å². The van der Waals surface area contributed by atoms with Gasteiger partial charge in [0.2, 0.25) is 0 Å². The van der Waals surface area contributed by atoms with Crippen LogP contribution in [0, 0.1) is 0 Å². The van der Waals surface area contributed by atoms with E-state index in [0.717, 1.165) is 26.1 Å². The van der Waals surface area contributed by atoms with Crippen LogP contribution in [0.3, 0.4) is 0 Å². The zero-order chi connectivity index (χ0) is 9.86. The third-order valence-corrected chi connectivity index (χ3v) is 3.79. The average Bonchev–Trinajstić information content (AvgIpc) is 2.72. The quantitative estimate of drug-likeness (QED) is 0.679. The molecular formula is C11H19ClO2. The van der Waals surface area contributed by atoms with Gasteiger partial charge in [0.05, 0.1) is 17.6 Å². The first-order valence-corrected chi connectivity index (χ1v) is 6.20. The minimum absolute atomic E-state index is 0.0746. The van der Waals surface area contributed by atoms with E-state index < -0.39 is 0 Å². The van der Waals surface area contributed by atoms with E-state index >= 15 is 0 Å². The van der Waals surface area contributed by atoms with Gasteiger partial charge < -0.3 is 9.47 Å². The maximum atomic E-state index is 6.03. The van der Waals surface area contributed by atoms with Gasteiger partial charge in [-0.25, -0.2) is 0 Å². The summed E-state index contributed by atoms with van der Waals surface area (Å²) in [5.41, 5.74) is -0.0746. The van der Waals surface area contributed by atoms with Crippen LogP contribution in [-0.4, -0.2) is 30.8 Å². The third kappa shape index (κ3) is 2.41. The molecule has 2 saturated heterocycles. The molecule has 0 aromatic carbocycles. The number of hydrogen-bond acceptors (Lipinski definition) is 2. The van der Waals surface area contributed by atoms with Crippen LogP contribution < -0.4 is 0 Å². The first-order chi connectivity index (χ1) is 6.85. The normalized spacial score (nSPS) is 38.8. The van der Waals surface area contributed by atoms with E-state index in [-0.39, 0.29) is 5.60 Å². The van der Waals surface area contributed by atoms with Gasteiger partial charge in [-0.15, -0.1) is 11.6 Å². The molecule has 0 N–H and O–H groups in total. The minimum Gasteiger partial charge on any atom is -0.378 e. The Morgan fingerprint density at radius 2 is 2.14 bits per heavy atom. The fourth-order valence-corrected chi connectivity index (χ4v) is 2.77. The van der Waals surface area contributed by atoms with Crippen LogP contribution in [0.25, 0.3) is 0 Å². The molecule has 2 fully saturated rings. The topological polar surface area (TPSA) is 18.5 Å². The standard InChI is InChI=1S/C11H19ClO2/c12-9-11(5-1-2-7-14-11)8-10-4-3-6-13-10/h10H,1-9H2. The van der Waals surface area contributed by atoms with Crippen molar-refractivity contribution in [3.8, 4) is 0 Å². The van der Waals surface area contributed by atoms with Crippen LogP contribution in [0.4, 0.5) is 0 Å². The second-order valence-corrected chi connectivity index (χ2v) is 4.73. The average molecular weight is 219 g/mol. The fraction of sp³-hybridized carbons (Fsp3) is 1.00. The van der Waals surface area contributed by atoms with Gasteiger partial charge in [0.15, 0.2) is 0 Å². The van der Waals surface area contributed by atoms with Gasteiger partial charge in [-0.05, 0) is 32.1 Å². The molecule has 0 aromatic rings. The molecule has 3 heteroatoms. The Bertz CT molecular complexity index is 172. The summed E-state index contributed by atoms with van der Waals surface area (Å²) >= 11 is 6.03. The molecule has 0 radical (unpaired) electrons. The van der Waals surface area contributed by atoms with Gasteiger partial charge in [0.25, 0.3) is 0 Å². The summed E-state index contributed by atoms with van der Waals surface area (Å²) < 4.78 is 11.5. The van der Waals surface area contributed by atoms with Crippen molar-refractivity contribution in [2.24, 2.45) is 0 Å². The molecule has 0 aromatic heterocycles. The Kier molecular flexibility index (Phi) is 3.69. The first-order valence-electron chi connectivity index (χ1n) is 5.66. The minimum atomic E-state index is -0.0746. The number of alkyl halides is 1. The Hall–Kier alpha value is 0.210. The van der Waals surface area contributed by atoms with Crippen LogP contribution in [0.1, 0.15) is 38.5 Å². The Balaban J connectivity index is 1.89. The fourth-order valence-electron chi connectivity index (χ4n) is 2.45. The lowest BCUT2D eigenvalue weighted by molar-refractivity contribution is -0.0898. The van der Waals surface area contributed by atoms with Gasteiger partial charge in [0.1, 0.15) is 0 Å². The molecule has 82 valence electrons. The van der Waals surface area contributed by atoms with Crippen molar-refractivity contribution in [2.75, 3.05) is 19.1 Å². The maximum absolute atomic E-state index is 6.03. The molecule has 2 nitrogen and oxygen atoms in total. The SMILES string of the molecule is ClCC1(CC2CCCO2)CCCCO1. The highest BCUT2D eigenvalue weighted by Crippen LogP contribution is 2.33. The van der Waals surface area contributed by atoms with Crippen LogP contribution in [-0.2, 0) is 9.47 Å². The van der Waals surface area contributed by atoms with Gasteiger partial charge in [0, 0.05) is 19.6 Å². The van der Waals surface area contributed by atoms with Crippen molar-refractivity contribution in [1.82, 2.24) is 0 Å². The van der Waals surface area contributed by atoms with Gasteiger partial charge in [-0.2, -0.15) is 0 Å². The van der Waals surface area contributed by atoms with Crippen molar-refractivity contribution >= 4 is 11.6 Å². The van der Waals surface area contributed by atoms with Gasteiger partial charge in [-0.1, -0.05) is 0 Å². The highest BCUT2D eigenvalue weighted by Gasteiger charge is 2.36. The predicted molar refractivity (Wildman–Crippen MR) is 56.8 cm³/mol. The number of halogens is 1. The zero-order valence-electron chi connectivity index (χ0n) is 8.64. The van der Waals surface area contributed by atoms with E-state index in [1.807, 2.05) is 0 Å². The summed E-state index contributed by atoms with van der Waals surface area (Å²) in [4.78, 5) is 0. The van der Waals surface area contributed by atoms with Crippen LogP contribution >= 0.6 is 11.6 Å². The highest BCUT2D eigenvalue weighted by molar-refractivity contribution is 6.18. The van der Waals surface area contributed by atoms with Crippen LogP contribution in [0.15, 0.2) is 0 Å². The van der Waals surface area contributed by atoms with Crippen molar-refractivity contribution in [2.45, 2.75) is 50.2 Å². The van der Waals surface area contributed by atoms with E-state index in [4.69, 9.17) is 21.1 Å². The van der Waals surface area contributed by atoms with Crippen LogP contribution in [0.2, 0.25) is 0 Å². The molecule has 14 heavy (non-hydrogen) atoms. The molecule has 2 atom stereocenters. The third-order valence-electron chi connectivity index (χ3n) is 3.30. The smallest absolute Gasteiger partial charge is 0.0841 e. The molecular weight excluding hydrogens is 200 g/mol. The molecule has 2 aliphatic heterocycles. The summed E-state index contributed by atoms with van der Waals surface area (Å²) in [6.07, 6.45) is 7.31. The second-order valence-electron chi connectivity index (χ2n) is 4.46. The maximum Gasteiger partial charge on any atom is 0.0841 e. The molecule has 2 heterocycles. The lowest BCUT2D eigenvalue weighted by atomic mass is 9.89. The molecule has 0 bridgehead atoms. The lowest BCUT2D eigenvalue weighted by Gasteiger charge is -2.37. The first kappa shape index (κ1) is 10.7. The molecule has 0 spiro atoms. The monoisotopic (exact) mass is 218 g/mol. The largest absolute Gasteiger partial charge is 0.378 e. The van der Waals surface area contributed by atoms with Gasteiger partial charge >= 0.3 is 0 Å². The van der Waals surface area contributed by atoms with E-state index in [2.05, 4.69) is 0 Å². The summed E-state index contributed by atoms with van der Waals surface area (Å²) in [7, 11) is 0.